The van der Waals surface area contributed by atoms with Crippen molar-refractivity contribution in [3.63, 3.8) is 0 Å². The smallest absolute Gasteiger partial charge is 0.209 e. The SMILES string of the molecule is CS(=O)(=O)N[C@@H]1[C@H](Cc2cc(F)cc(-c3ccccc3)c2F)NCC12CC2.Cl. The van der Waals surface area contributed by atoms with E-state index in [-0.39, 0.29) is 47.5 Å². The van der Waals surface area contributed by atoms with Crippen molar-refractivity contribution in [2.75, 3.05) is 12.8 Å². The van der Waals surface area contributed by atoms with Crippen LogP contribution in [0.1, 0.15) is 18.4 Å². The van der Waals surface area contributed by atoms with E-state index in [0.717, 1.165) is 19.1 Å². The molecule has 2 aromatic carbocycles. The van der Waals surface area contributed by atoms with Gasteiger partial charge in [0.05, 0.1) is 6.26 Å². The molecule has 4 nitrogen and oxygen atoms in total. The number of hydrogen-bond acceptors (Lipinski definition) is 3. The first-order valence-electron chi connectivity index (χ1n) is 9.01. The second-order valence-electron chi connectivity index (χ2n) is 7.71. The summed E-state index contributed by atoms with van der Waals surface area (Å²) < 4.78 is 55.6. The highest BCUT2D eigenvalue weighted by atomic mass is 35.5. The molecule has 2 aliphatic rings. The van der Waals surface area contributed by atoms with E-state index in [1.807, 2.05) is 6.07 Å². The van der Waals surface area contributed by atoms with Crippen LogP contribution in [0, 0.1) is 17.0 Å². The maximum atomic E-state index is 15.1. The average Bonchev–Trinajstić information content (AvgIpc) is 3.33. The van der Waals surface area contributed by atoms with Gasteiger partial charge in [0.15, 0.2) is 0 Å². The van der Waals surface area contributed by atoms with Gasteiger partial charge in [0, 0.05) is 29.6 Å². The summed E-state index contributed by atoms with van der Waals surface area (Å²) in [5.74, 6) is -0.962. The largest absolute Gasteiger partial charge is 0.311 e. The first-order valence-corrected chi connectivity index (χ1v) is 10.9. The zero-order valence-electron chi connectivity index (χ0n) is 15.4. The molecule has 0 bridgehead atoms. The molecule has 1 saturated carbocycles. The lowest BCUT2D eigenvalue weighted by Crippen LogP contribution is -2.47. The van der Waals surface area contributed by atoms with Crippen LogP contribution >= 0.6 is 12.4 Å². The first kappa shape index (κ1) is 21.2. The Hall–Kier alpha value is -1.54. The summed E-state index contributed by atoms with van der Waals surface area (Å²) in [5, 5.41) is 3.32. The topological polar surface area (TPSA) is 58.2 Å². The lowest BCUT2D eigenvalue weighted by Gasteiger charge is -2.24. The van der Waals surface area contributed by atoms with Crippen LogP contribution < -0.4 is 10.0 Å². The lowest BCUT2D eigenvalue weighted by atomic mass is 9.91. The van der Waals surface area contributed by atoms with Crippen LogP contribution in [0.15, 0.2) is 42.5 Å². The minimum atomic E-state index is -3.39. The van der Waals surface area contributed by atoms with Crippen molar-refractivity contribution in [3.05, 3.63) is 59.7 Å². The molecule has 28 heavy (non-hydrogen) atoms. The summed E-state index contributed by atoms with van der Waals surface area (Å²) in [7, 11) is -3.39. The van der Waals surface area contributed by atoms with Gasteiger partial charge in [0.2, 0.25) is 10.0 Å². The van der Waals surface area contributed by atoms with Gasteiger partial charge in [0.25, 0.3) is 0 Å². The highest BCUT2D eigenvalue weighted by molar-refractivity contribution is 7.88. The third kappa shape index (κ3) is 4.22. The van der Waals surface area contributed by atoms with Crippen LogP contribution in [0.3, 0.4) is 0 Å². The molecule has 1 heterocycles. The van der Waals surface area contributed by atoms with Gasteiger partial charge in [-0.1, -0.05) is 30.3 Å². The molecule has 152 valence electrons. The Morgan fingerprint density at radius 1 is 1.18 bits per heavy atom. The Kier molecular flexibility index (Phi) is 5.83. The number of rotatable bonds is 5. The predicted octanol–water partition coefficient (Wildman–Crippen LogP) is 3.27. The molecule has 0 unspecified atom stereocenters. The van der Waals surface area contributed by atoms with Crippen LogP contribution in [-0.4, -0.2) is 33.3 Å². The van der Waals surface area contributed by atoms with Crippen LogP contribution in [0.25, 0.3) is 11.1 Å². The molecule has 0 aromatic heterocycles. The Labute approximate surface area is 170 Å². The van der Waals surface area contributed by atoms with Gasteiger partial charge in [0.1, 0.15) is 11.6 Å². The van der Waals surface area contributed by atoms with E-state index in [1.165, 1.54) is 12.1 Å². The van der Waals surface area contributed by atoms with E-state index in [9.17, 15) is 12.8 Å². The van der Waals surface area contributed by atoms with E-state index < -0.39 is 21.7 Å². The normalized spacial score (nSPS) is 22.8. The van der Waals surface area contributed by atoms with Gasteiger partial charge < -0.3 is 5.32 Å². The van der Waals surface area contributed by atoms with Crippen molar-refractivity contribution in [2.24, 2.45) is 5.41 Å². The standard InChI is InChI=1S/C20H22F2N2O2S.ClH/c1-27(25,26)24-19-17(23-12-20(19)7-8-20)10-14-9-15(21)11-16(18(14)22)13-5-3-2-4-6-13;/h2-6,9,11,17,19,23-24H,7-8,10,12H2,1H3;1H/t17-,19+;/m0./s1. The molecule has 0 radical (unpaired) electrons. The number of benzene rings is 2. The highest BCUT2D eigenvalue weighted by Crippen LogP contribution is 2.52. The monoisotopic (exact) mass is 428 g/mol. The second-order valence-corrected chi connectivity index (χ2v) is 9.49. The van der Waals surface area contributed by atoms with E-state index in [0.29, 0.717) is 12.1 Å². The van der Waals surface area contributed by atoms with Gasteiger partial charge in [-0.25, -0.2) is 21.9 Å². The minimum absolute atomic E-state index is 0. The number of sulfonamides is 1. The number of nitrogens with one attached hydrogen (secondary N) is 2. The lowest BCUT2D eigenvalue weighted by molar-refractivity contribution is 0.407. The average molecular weight is 429 g/mol. The van der Waals surface area contributed by atoms with Crippen molar-refractivity contribution in [2.45, 2.75) is 31.3 Å². The van der Waals surface area contributed by atoms with Crippen molar-refractivity contribution >= 4 is 22.4 Å². The third-order valence-corrected chi connectivity index (χ3v) is 6.33. The number of halogens is 3. The zero-order chi connectivity index (χ0) is 19.2. The van der Waals surface area contributed by atoms with Gasteiger partial charge in [-0.05, 0) is 42.5 Å². The molecule has 2 N–H and O–H groups in total. The van der Waals surface area contributed by atoms with Crippen LogP contribution in [0.2, 0.25) is 0 Å². The summed E-state index contributed by atoms with van der Waals surface area (Å²) >= 11 is 0. The second kappa shape index (κ2) is 7.71. The minimum Gasteiger partial charge on any atom is -0.311 e. The van der Waals surface area contributed by atoms with Gasteiger partial charge in [-0.2, -0.15) is 0 Å². The molecule has 0 amide bonds. The summed E-state index contributed by atoms with van der Waals surface area (Å²) in [4.78, 5) is 0. The summed E-state index contributed by atoms with van der Waals surface area (Å²) in [6, 6.07) is 10.7. The summed E-state index contributed by atoms with van der Waals surface area (Å²) in [5.41, 5.74) is 0.987. The first-order chi connectivity index (χ1) is 12.8. The molecule has 1 aliphatic carbocycles. The molecule has 2 aromatic rings. The van der Waals surface area contributed by atoms with Crippen LogP contribution in [-0.2, 0) is 16.4 Å². The summed E-state index contributed by atoms with van der Waals surface area (Å²) in [6.07, 6.45) is 3.22. The highest BCUT2D eigenvalue weighted by Gasteiger charge is 2.56. The van der Waals surface area contributed by atoms with Crippen molar-refractivity contribution in [1.82, 2.24) is 10.0 Å². The van der Waals surface area contributed by atoms with Crippen LogP contribution in [0.4, 0.5) is 8.78 Å². The fourth-order valence-corrected chi connectivity index (χ4v) is 5.00. The molecule has 2 atom stereocenters. The van der Waals surface area contributed by atoms with Crippen molar-refractivity contribution in [3.8, 4) is 11.1 Å². The molecular weight excluding hydrogens is 406 g/mol. The van der Waals surface area contributed by atoms with Crippen molar-refractivity contribution < 1.29 is 17.2 Å². The molecule has 1 spiro atoms. The van der Waals surface area contributed by atoms with Crippen molar-refractivity contribution in [1.29, 1.82) is 0 Å². The fourth-order valence-electron chi connectivity index (χ4n) is 4.12. The molecule has 2 fully saturated rings. The number of hydrogen-bond donors (Lipinski definition) is 2. The zero-order valence-corrected chi connectivity index (χ0v) is 17.0. The van der Waals surface area contributed by atoms with Gasteiger partial charge >= 0.3 is 0 Å². The van der Waals surface area contributed by atoms with E-state index in [1.54, 1.807) is 24.3 Å². The fraction of sp³-hybridized carbons (Fsp3) is 0.400. The van der Waals surface area contributed by atoms with E-state index in [2.05, 4.69) is 10.0 Å². The van der Waals surface area contributed by atoms with Gasteiger partial charge in [-0.3, -0.25) is 0 Å². The molecule has 1 saturated heterocycles. The molecule has 1 aliphatic heterocycles. The maximum absolute atomic E-state index is 15.1. The molecule has 4 rings (SSSR count). The summed E-state index contributed by atoms with van der Waals surface area (Å²) in [6.45, 7) is 0.688. The molecule has 8 heteroatoms. The Morgan fingerprint density at radius 2 is 1.86 bits per heavy atom. The predicted molar refractivity (Wildman–Crippen MR) is 108 cm³/mol. The maximum Gasteiger partial charge on any atom is 0.209 e. The third-order valence-electron chi connectivity index (χ3n) is 5.65. The van der Waals surface area contributed by atoms with Crippen LogP contribution in [0.5, 0.6) is 0 Å². The molecular formula is C20H23ClF2N2O2S. The van der Waals surface area contributed by atoms with E-state index in [4.69, 9.17) is 0 Å². The van der Waals surface area contributed by atoms with E-state index >= 15 is 4.39 Å². The van der Waals surface area contributed by atoms with Gasteiger partial charge in [-0.15, -0.1) is 12.4 Å². The quantitative estimate of drug-likeness (QED) is 0.768. The Morgan fingerprint density at radius 3 is 2.46 bits per heavy atom. The Bertz CT molecular complexity index is 966. The Balaban J connectivity index is 0.00000225.